The molecule has 4 aromatic rings. The number of aromatic nitrogens is 2. The van der Waals surface area contributed by atoms with Crippen LogP contribution in [0.2, 0.25) is 0 Å². The molecule has 26 heavy (non-hydrogen) atoms. The van der Waals surface area contributed by atoms with Crippen molar-refractivity contribution in [2.75, 3.05) is 6.54 Å². The van der Waals surface area contributed by atoms with Gasteiger partial charge in [0, 0.05) is 29.0 Å². The van der Waals surface area contributed by atoms with Crippen molar-refractivity contribution in [2.45, 2.75) is 11.3 Å². The van der Waals surface area contributed by atoms with Crippen LogP contribution in [0.1, 0.15) is 5.56 Å². The fraction of sp³-hybridized carbons (Fsp3) is 0.105. The molecule has 0 unspecified atom stereocenters. The van der Waals surface area contributed by atoms with E-state index < -0.39 is 10.0 Å². The number of aromatic amines is 2. The fourth-order valence-corrected chi connectivity index (χ4v) is 4.10. The predicted octanol–water partition coefficient (Wildman–Crippen LogP) is 2.53. The molecular weight excluding hydrogens is 350 g/mol. The Kier molecular flexibility index (Phi) is 4.10. The minimum Gasteiger partial charge on any atom is -0.350 e. The van der Waals surface area contributed by atoms with Crippen LogP contribution in [-0.4, -0.2) is 24.9 Å². The Labute approximate surface area is 149 Å². The molecule has 3 N–H and O–H groups in total. The average molecular weight is 367 g/mol. The minimum atomic E-state index is -3.63. The lowest BCUT2D eigenvalue weighted by molar-refractivity contribution is 0.582. The number of rotatable bonds is 5. The van der Waals surface area contributed by atoms with E-state index in [1.807, 2.05) is 30.3 Å². The summed E-state index contributed by atoms with van der Waals surface area (Å²) in [7, 11) is -3.63. The van der Waals surface area contributed by atoms with E-state index in [1.54, 1.807) is 24.4 Å². The van der Waals surface area contributed by atoms with Crippen molar-refractivity contribution in [1.29, 1.82) is 0 Å². The average Bonchev–Trinajstić information content (AvgIpc) is 3.02. The first-order valence-corrected chi connectivity index (χ1v) is 9.70. The van der Waals surface area contributed by atoms with E-state index in [9.17, 15) is 13.2 Å². The summed E-state index contributed by atoms with van der Waals surface area (Å²) in [5.74, 6) is 0. The number of fused-ring (bicyclic) bond motifs is 3. The number of H-pyrrole nitrogens is 2. The van der Waals surface area contributed by atoms with Crippen molar-refractivity contribution in [3.63, 3.8) is 0 Å². The van der Waals surface area contributed by atoms with E-state index in [1.165, 1.54) is 6.07 Å². The largest absolute Gasteiger partial charge is 0.350 e. The van der Waals surface area contributed by atoms with Crippen LogP contribution >= 0.6 is 0 Å². The zero-order valence-corrected chi connectivity index (χ0v) is 14.6. The summed E-state index contributed by atoms with van der Waals surface area (Å²) in [4.78, 5) is 17.7. The lowest BCUT2D eigenvalue weighted by Crippen LogP contribution is -2.25. The molecule has 0 radical (unpaired) electrons. The van der Waals surface area contributed by atoms with Crippen LogP contribution < -0.4 is 10.3 Å². The topological polar surface area (TPSA) is 94.8 Å². The van der Waals surface area contributed by atoms with Gasteiger partial charge < -0.3 is 9.97 Å². The van der Waals surface area contributed by atoms with Crippen LogP contribution in [0, 0.1) is 0 Å². The highest BCUT2D eigenvalue weighted by atomic mass is 32.2. The van der Waals surface area contributed by atoms with Crippen LogP contribution in [0.4, 0.5) is 0 Å². The summed E-state index contributed by atoms with van der Waals surface area (Å²) in [6, 6.07) is 16.3. The third kappa shape index (κ3) is 3.02. The number of pyridine rings is 1. The molecule has 0 amide bonds. The maximum Gasteiger partial charge on any atom is 0.272 e. The smallest absolute Gasteiger partial charge is 0.272 e. The third-order valence-corrected chi connectivity index (χ3v) is 5.82. The maximum absolute atomic E-state index is 12.6. The van der Waals surface area contributed by atoms with Gasteiger partial charge in [0.1, 0.15) is 5.52 Å². The second kappa shape index (κ2) is 6.44. The van der Waals surface area contributed by atoms with Crippen molar-refractivity contribution < 1.29 is 8.42 Å². The van der Waals surface area contributed by atoms with Gasteiger partial charge in [-0.05, 0) is 36.2 Å². The van der Waals surface area contributed by atoms with Gasteiger partial charge in [-0.2, -0.15) is 0 Å². The van der Waals surface area contributed by atoms with E-state index in [0.29, 0.717) is 29.3 Å². The van der Waals surface area contributed by atoms with Gasteiger partial charge in [-0.25, -0.2) is 13.1 Å². The standard InChI is InChI=1S/C19H17N3O3S/c23-19-18-15(9-10-20-19)16-12-14(6-7-17(16)22-18)26(24,25)21-11-8-13-4-2-1-3-5-13/h1-7,9-10,12,21-22H,8,11H2,(H,20,23). The van der Waals surface area contributed by atoms with Crippen LogP contribution in [0.3, 0.4) is 0 Å². The first-order valence-electron chi connectivity index (χ1n) is 8.21. The van der Waals surface area contributed by atoms with Crippen molar-refractivity contribution in [3.8, 4) is 0 Å². The summed E-state index contributed by atoms with van der Waals surface area (Å²) in [6.07, 6.45) is 2.17. The number of hydrogen-bond acceptors (Lipinski definition) is 3. The highest BCUT2D eigenvalue weighted by molar-refractivity contribution is 7.89. The van der Waals surface area contributed by atoms with E-state index in [0.717, 1.165) is 11.1 Å². The maximum atomic E-state index is 12.6. The Hall–Kier alpha value is -2.90. The van der Waals surface area contributed by atoms with Crippen LogP contribution in [0.15, 0.2) is 70.5 Å². The molecule has 2 heterocycles. The zero-order chi connectivity index (χ0) is 18.1. The summed E-state index contributed by atoms with van der Waals surface area (Å²) in [6.45, 7) is 0.317. The molecule has 0 spiro atoms. The van der Waals surface area contributed by atoms with Crippen LogP contribution in [-0.2, 0) is 16.4 Å². The Morgan fingerprint density at radius 2 is 1.77 bits per heavy atom. The molecule has 0 aliphatic heterocycles. The van der Waals surface area contributed by atoms with E-state index in [4.69, 9.17) is 0 Å². The van der Waals surface area contributed by atoms with Crippen LogP contribution in [0.5, 0.6) is 0 Å². The summed E-state index contributed by atoms with van der Waals surface area (Å²) in [5.41, 5.74) is 2.00. The normalized spacial score (nSPS) is 12.0. The van der Waals surface area contributed by atoms with E-state index in [-0.39, 0.29) is 10.5 Å². The van der Waals surface area contributed by atoms with Crippen molar-refractivity contribution in [2.24, 2.45) is 0 Å². The molecular formula is C19H17N3O3S. The quantitative estimate of drug-likeness (QED) is 0.506. The lowest BCUT2D eigenvalue weighted by Gasteiger charge is -2.07. The Morgan fingerprint density at radius 1 is 0.962 bits per heavy atom. The number of nitrogens with one attached hydrogen (secondary N) is 3. The molecule has 0 fully saturated rings. The van der Waals surface area contributed by atoms with Crippen molar-refractivity contribution in [3.05, 3.63) is 76.7 Å². The number of sulfonamides is 1. The molecule has 6 nitrogen and oxygen atoms in total. The molecule has 7 heteroatoms. The minimum absolute atomic E-state index is 0.180. The van der Waals surface area contributed by atoms with Gasteiger partial charge in [0.25, 0.3) is 5.56 Å². The highest BCUT2D eigenvalue weighted by Crippen LogP contribution is 2.25. The number of hydrogen-bond donors (Lipinski definition) is 3. The second-order valence-corrected chi connectivity index (χ2v) is 7.83. The molecule has 4 rings (SSSR count). The van der Waals surface area contributed by atoms with Gasteiger partial charge in [-0.1, -0.05) is 30.3 Å². The van der Waals surface area contributed by atoms with Gasteiger partial charge >= 0.3 is 0 Å². The van der Waals surface area contributed by atoms with Gasteiger partial charge in [0.2, 0.25) is 10.0 Å². The molecule has 0 atom stereocenters. The van der Waals surface area contributed by atoms with Crippen LogP contribution in [0.25, 0.3) is 21.8 Å². The SMILES string of the molecule is O=c1[nH]ccc2c1[nH]c1ccc(S(=O)(=O)NCCc3ccccc3)cc12. The molecule has 132 valence electrons. The lowest BCUT2D eigenvalue weighted by atomic mass is 10.2. The van der Waals surface area contributed by atoms with E-state index >= 15 is 0 Å². The van der Waals surface area contributed by atoms with Crippen molar-refractivity contribution in [1.82, 2.24) is 14.7 Å². The first kappa shape index (κ1) is 16.6. The Balaban J connectivity index is 1.63. The molecule has 0 aliphatic rings. The second-order valence-electron chi connectivity index (χ2n) is 6.06. The summed E-state index contributed by atoms with van der Waals surface area (Å²) < 4.78 is 27.8. The molecule has 0 saturated heterocycles. The van der Waals surface area contributed by atoms with E-state index in [2.05, 4.69) is 14.7 Å². The molecule has 0 saturated carbocycles. The first-order chi connectivity index (χ1) is 12.5. The summed E-state index contributed by atoms with van der Waals surface area (Å²) in [5, 5.41) is 1.40. The predicted molar refractivity (Wildman–Crippen MR) is 102 cm³/mol. The van der Waals surface area contributed by atoms with Crippen molar-refractivity contribution >= 4 is 31.8 Å². The Bertz CT molecular complexity index is 1240. The number of benzene rings is 2. The highest BCUT2D eigenvalue weighted by Gasteiger charge is 2.16. The Morgan fingerprint density at radius 3 is 2.58 bits per heavy atom. The fourth-order valence-electron chi connectivity index (χ4n) is 3.04. The molecule has 2 aromatic carbocycles. The molecule has 0 aliphatic carbocycles. The van der Waals surface area contributed by atoms with Gasteiger partial charge in [-0.3, -0.25) is 4.79 Å². The monoisotopic (exact) mass is 367 g/mol. The molecule has 0 bridgehead atoms. The van der Waals surface area contributed by atoms with Gasteiger partial charge in [-0.15, -0.1) is 0 Å². The third-order valence-electron chi connectivity index (χ3n) is 4.36. The van der Waals surface area contributed by atoms with Gasteiger partial charge in [0.15, 0.2) is 0 Å². The summed E-state index contributed by atoms with van der Waals surface area (Å²) >= 11 is 0. The van der Waals surface area contributed by atoms with Gasteiger partial charge in [0.05, 0.1) is 4.90 Å². The molecule has 2 aromatic heterocycles. The zero-order valence-electron chi connectivity index (χ0n) is 13.8.